The monoisotopic (exact) mass is 86.0 g/mol. The molecule has 0 aromatic carbocycles. The topological polar surface area (TPSA) is 17.1 Å². The van der Waals surface area contributed by atoms with Gasteiger partial charge in [0.25, 0.3) is 0 Å². The smallest absolute Gasteiger partial charge is 1.00 e. The van der Waals surface area contributed by atoms with E-state index in [2.05, 4.69) is 0 Å². The zero-order chi connectivity index (χ0) is 2.71. The summed E-state index contributed by atoms with van der Waals surface area (Å²) >= 11 is 0. The van der Waals surface area contributed by atoms with Gasteiger partial charge in [-0.3, -0.25) is 4.57 Å². The fraction of sp³-hybridized carbons (Fsp3) is 1.00. The van der Waals surface area contributed by atoms with Gasteiger partial charge in [-0.2, -0.15) is 0 Å². The van der Waals surface area contributed by atoms with Crippen molar-refractivity contribution in [2.24, 2.45) is 0 Å². The van der Waals surface area contributed by atoms with Crippen molar-refractivity contribution >= 4 is 8.46 Å². The van der Waals surface area contributed by atoms with E-state index in [9.17, 15) is 0 Å². The van der Waals surface area contributed by atoms with E-state index in [1.54, 1.807) is 6.66 Å². The molecule has 0 N–H and O–H groups in total. The second-order valence-corrected chi connectivity index (χ2v) is 0.548. The Morgan fingerprint density at radius 3 is 2.00 bits per heavy atom. The molecule has 3 heteroatoms. The molecule has 4 heavy (non-hydrogen) atoms. The maximum absolute atomic E-state index is 8.90. The van der Waals surface area contributed by atoms with Crippen LogP contribution in [-0.2, 0) is 4.57 Å². The van der Waals surface area contributed by atoms with Crippen LogP contribution in [0, 0.1) is 0 Å². The third kappa shape index (κ3) is 11.3. The van der Waals surface area contributed by atoms with Crippen molar-refractivity contribution < 1.29 is 35.5 Å². The van der Waals surface area contributed by atoms with Gasteiger partial charge in [0.05, 0.1) is 0 Å². The summed E-state index contributed by atoms with van der Waals surface area (Å²) in [6, 6.07) is 0. The Morgan fingerprint density at radius 2 is 2.00 bits per heavy atom. The molecule has 0 radical (unpaired) electrons. The summed E-state index contributed by atoms with van der Waals surface area (Å²) in [7, 11) is 0.167. The van der Waals surface area contributed by atoms with Crippen LogP contribution in [0.2, 0.25) is 0 Å². The normalized spacial score (nSPS) is 5.25. The molecule has 0 aliphatic carbocycles. The van der Waals surface area contributed by atoms with E-state index in [-0.39, 0.29) is 39.4 Å². The fourth-order valence-corrected chi connectivity index (χ4v) is 0. The molecular weight excluding hydrogens is 82.0 g/mol. The molecule has 0 fully saturated rings. The van der Waals surface area contributed by atoms with E-state index >= 15 is 0 Å². The van der Waals surface area contributed by atoms with Crippen LogP contribution in [0.5, 0.6) is 0 Å². The summed E-state index contributed by atoms with van der Waals surface area (Å²) in [5.74, 6) is 0. The number of rotatable bonds is 0. The van der Waals surface area contributed by atoms with Gasteiger partial charge in [0.2, 0.25) is 0 Å². The Balaban J connectivity index is -0.0000000200. The number of hydrogen-bond donors (Lipinski definition) is 0. The number of hydrogen-bond acceptors (Lipinski definition) is 1. The van der Waals surface area contributed by atoms with Gasteiger partial charge in [-0.1, -0.05) is 0 Å². The van der Waals surface area contributed by atoms with Crippen molar-refractivity contribution in [3.05, 3.63) is 0 Å². The minimum absolute atomic E-state index is 0. The van der Waals surface area contributed by atoms with Gasteiger partial charge in [0, 0.05) is 6.66 Å². The van der Waals surface area contributed by atoms with Crippen LogP contribution in [0.3, 0.4) is 0 Å². The van der Waals surface area contributed by atoms with E-state index in [0.717, 1.165) is 0 Å². The Labute approximate surface area is 50.8 Å². The van der Waals surface area contributed by atoms with E-state index in [0.29, 0.717) is 0 Å². The zero-order valence-electron chi connectivity index (χ0n) is 3.86. The first-order valence-electron chi connectivity index (χ1n) is 0.630. The quantitative estimate of drug-likeness (QED) is 0.247. The molecule has 0 saturated heterocycles. The van der Waals surface area contributed by atoms with Crippen molar-refractivity contribution in [3.8, 4) is 0 Å². The Bertz CT molecular complexity index is 19.1. The molecule has 0 saturated carbocycles. The van der Waals surface area contributed by atoms with Gasteiger partial charge in [0.15, 0.2) is 8.46 Å². The second-order valence-electron chi connectivity index (χ2n) is 0.183. The van der Waals surface area contributed by atoms with Crippen molar-refractivity contribution in [2.75, 3.05) is 6.66 Å². The Kier molecular flexibility index (Phi) is 19.9. The van der Waals surface area contributed by atoms with Crippen LogP contribution in [0.1, 0.15) is 1.43 Å². The maximum Gasteiger partial charge on any atom is 1.00 e. The van der Waals surface area contributed by atoms with Crippen LogP contribution in [0.15, 0.2) is 0 Å². The van der Waals surface area contributed by atoms with E-state index in [1.165, 1.54) is 0 Å². The first-order chi connectivity index (χ1) is 1.41. The predicted octanol–water partition coefficient (Wildman–Crippen LogP) is -1.98. The van der Waals surface area contributed by atoms with Crippen LogP contribution in [0.25, 0.3) is 0 Å². The van der Waals surface area contributed by atoms with Crippen LogP contribution in [-0.4, -0.2) is 6.66 Å². The molecule has 0 aliphatic heterocycles. The SMILES string of the molecule is CP=O.[H-].[Na+]. The van der Waals surface area contributed by atoms with Crippen LogP contribution < -0.4 is 29.6 Å². The van der Waals surface area contributed by atoms with Crippen molar-refractivity contribution in [1.29, 1.82) is 0 Å². The van der Waals surface area contributed by atoms with Crippen molar-refractivity contribution in [2.45, 2.75) is 0 Å². The molecule has 20 valence electrons. The molecule has 0 heterocycles. The van der Waals surface area contributed by atoms with E-state index in [1.807, 2.05) is 0 Å². The maximum atomic E-state index is 8.90. The Hall–Kier alpha value is 1.10. The van der Waals surface area contributed by atoms with Crippen LogP contribution >= 0.6 is 8.46 Å². The molecular formula is CH4NaOP. The molecule has 0 aromatic heterocycles. The Morgan fingerprint density at radius 1 is 2.00 bits per heavy atom. The summed E-state index contributed by atoms with van der Waals surface area (Å²) in [6.45, 7) is 1.54. The molecule has 0 aliphatic rings. The third-order valence-corrected chi connectivity index (χ3v) is 0. The van der Waals surface area contributed by atoms with Gasteiger partial charge in [-0.15, -0.1) is 0 Å². The van der Waals surface area contributed by atoms with Crippen molar-refractivity contribution in [1.82, 2.24) is 0 Å². The summed E-state index contributed by atoms with van der Waals surface area (Å²) in [5.41, 5.74) is 0. The summed E-state index contributed by atoms with van der Waals surface area (Å²) < 4.78 is 8.90. The van der Waals surface area contributed by atoms with Gasteiger partial charge in [-0.25, -0.2) is 0 Å². The molecule has 0 aromatic rings. The standard InChI is InChI=1S/CH3OP.Na.H/c1-3-2;;/h1H3;;/q;+1;-1. The first kappa shape index (κ1) is 8.92. The average molecular weight is 86.0 g/mol. The molecule has 0 atom stereocenters. The predicted molar refractivity (Wildman–Crippen MR) is 14.6 cm³/mol. The van der Waals surface area contributed by atoms with Crippen molar-refractivity contribution in [3.63, 3.8) is 0 Å². The molecule has 0 bridgehead atoms. The summed E-state index contributed by atoms with van der Waals surface area (Å²) in [6.07, 6.45) is 0. The molecule has 0 unspecified atom stereocenters. The molecule has 1 nitrogen and oxygen atoms in total. The van der Waals surface area contributed by atoms with E-state index < -0.39 is 0 Å². The zero-order valence-corrected chi connectivity index (χ0v) is 5.75. The first-order valence-corrected chi connectivity index (χ1v) is 1.89. The van der Waals surface area contributed by atoms with Gasteiger partial charge >= 0.3 is 29.6 Å². The largest absolute Gasteiger partial charge is 1.00 e. The minimum Gasteiger partial charge on any atom is -1.00 e. The molecule has 0 rings (SSSR count). The third-order valence-electron chi connectivity index (χ3n) is 0. The van der Waals surface area contributed by atoms with Crippen LogP contribution in [0.4, 0.5) is 0 Å². The van der Waals surface area contributed by atoms with E-state index in [4.69, 9.17) is 4.57 Å². The second kappa shape index (κ2) is 8.93. The summed E-state index contributed by atoms with van der Waals surface area (Å²) in [5, 5.41) is 0. The van der Waals surface area contributed by atoms with Gasteiger partial charge in [-0.05, 0) is 0 Å². The average Bonchev–Trinajstić information content (AvgIpc) is 0.918. The minimum atomic E-state index is 0. The van der Waals surface area contributed by atoms with Gasteiger partial charge < -0.3 is 1.43 Å². The molecule has 0 spiro atoms. The van der Waals surface area contributed by atoms with Gasteiger partial charge in [0.1, 0.15) is 0 Å². The molecule has 0 amide bonds. The summed E-state index contributed by atoms with van der Waals surface area (Å²) in [4.78, 5) is 0. The fourth-order valence-electron chi connectivity index (χ4n) is 0.